The van der Waals surface area contributed by atoms with Gasteiger partial charge in [-0.15, -0.1) is 0 Å². The second kappa shape index (κ2) is 9.40. The van der Waals surface area contributed by atoms with E-state index in [4.69, 9.17) is 19.7 Å². The molecule has 1 amide bonds. The lowest BCUT2D eigenvalue weighted by Gasteiger charge is -2.43. The van der Waals surface area contributed by atoms with Gasteiger partial charge < -0.3 is 19.4 Å². The van der Waals surface area contributed by atoms with Crippen LogP contribution in [0.25, 0.3) is 22.3 Å². The van der Waals surface area contributed by atoms with E-state index in [0.29, 0.717) is 47.9 Å². The highest BCUT2D eigenvalue weighted by Crippen LogP contribution is 2.47. The van der Waals surface area contributed by atoms with Crippen LogP contribution >= 0.6 is 0 Å². The Bertz CT molecular complexity index is 1570. The molecule has 196 valence electrons. The van der Waals surface area contributed by atoms with Crippen LogP contribution in [0, 0.1) is 11.3 Å². The summed E-state index contributed by atoms with van der Waals surface area (Å²) in [5.41, 5.74) is 0.934. The first kappa shape index (κ1) is 25.7. The molecule has 0 spiro atoms. The number of unbranched alkanes of at least 4 members (excludes halogenated alkanes) is 1. The van der Waals surface area contributed by atoms with Crippen molar-refractivity contribution in [1.82, 2.24) is 14.9 Å². The maximum absolute atomic E-state index is 14.3. The number of aromatic nitrogens is 2. The van der Waals surface area contributed by atoms with Crippen LogP contribution in [0.4, 0.5) is 4.79 Å². The predicted molar refractivity (Wildman–Crippen MR) is 144 cm³/mol. The Morgan fingerprint density at radius 3 is 2.79 bits per heavy atom. The number of rotatable bonds is 6. The molecule has 38 heavy (non-hydrogen) atoms. The van der Waals surface area contributed by atoms with Crippen LogP contribution in [0.5, 0.6) is 0 Å². The van der Waals surface area contributed by atoms with E-state index < -0.39 is 31.5 Å². The number of ether oxygens (including phenoxy) is 2. The van der Waals surface area contributed by atoms with Crippen LogP contribution in [0.1, 0.15) is 48.6 Å². The van der Waals surface area contributed by atoms with Crippen molar-refractivity contribution >= 4 is 31.0 Å². The van der Waals surface area contributed by atoms with Crippen molar-refractivity contribution in [2.75, 3.05) is 7.05 Å². The summed E-state index contributed by atoms with van der Waals surface area (Å²) in [4.78, 5) is 45.3. The van der Waals surface area contributed by atoms with Gasteiger partial charge in [0, 0.05) is 30.0 Å². The first-order valence-electron chi connectivity index (χ1n) is 12.8. The molecule has 0 saturated carbocycles. The molecule has 5 rings (SSSR count). The predicted octanol–water partition coefficient (Wildman–Crippen LogP) is 4.54. The molecule has 0 fully saturated rings. The number of carbonyl (C=O) groups excluding carboxylic acids is 2. The number of cyclic esters (lactones) is 1. The van der Waals surface area contributed by atoms with Crippen LogP contribution in [-0.4, -0.2) is 36.7 Å². The molecule has 0 saturated heterocycles. The van der Waals surface area contributed by atoms with Gasteiger partial charge in [0.15, 0.2) is 0 Å². The fourth-order valence-electron chi connectivity index (χ4n) is 5.66. The van der Waals surface area contributed by atoms with Gasteiger partial charge in [-0.05, 0) is 31.0 Å². The Kier molecular flexibility index (Phi) is 6.35. The molecule has 0 aliphatic carbocycles. The van der Waals surface area contributed by atoms with Crippen LogP contribution < -0.4 is 10.9 Å². The molecule has 2 unspecified atom stereocenters. The topological polar surface area (TPSA) is 123 Å². The van der Waals surface area contributed by atoms with Gasteiger partial charge in [-0.2, -0.15) is 5.26 Å². The average Bonchev–Trinajstić information content (AvgIpc) is 3.26. The highest BCUT2D eigenvalue weighted by molar-refractivity contribution is 6.78. The minimum absolute atomic E-state index is 0.0935. The summed E-state index contributed by atoms with van der Waals surface area (Å²) in [6.07, 6.45) is 0.348. The van der Waals surface area contributed by atoms with Crippen LogP contribution in [0.2, 0.25) is 19.1 Å². The summed E-state index contributed by atoms with van der Waals surface area (Å²) in [5.74, 6) is -0.684. The van der Waals surface area contributed by atoms with E-state index in [1.807, 2.05) is 30.3 Å². The van der Waals surface area contributed by atoms with Crippen molar-refractivity contribution in [1.29, 1.82) is 5.26 Å². The molecular weight excluding hydrogens is 500 g/mol. The van der Waals surface area contributed by atoms with E-state index in [-0.39, 0.29) is 12.0 Å². The molecule has 3 aromatic rings. The molecular formula is C28H30N4O5Si. The normalized spacial score (nSPS) is 19.7. The standard InChI is InChI=1S/C28H30N4O5Si/c1-5-28(37-27(35)30-2)19-15-21-23-18(14-17-10-6-7-11-20(17)31-23)16-32(21)24(33)22(19)25(36-26(28)34)38(3,4)13-9-8-12-29/h6-7,10-11,14-15,25H,5,8-9,13,16H2,1-4H3,(H,30,35). The zero-order chi connectivity index (χ0) is 27.2. The van der Waals surface area contributed by atoms with Gasteiger partial charge >= 0.3 is 12.1 Å². The van der Waals surface area contributed by atoms with Crippen LogP contribution in [-0.2, 0) is 26.4 Å². The van der Waals surface area contributed by atoms with Crippen molar-refractivity contribution in [2.45, 2.75) is 63.2 Å². The molecule has 1 aromatic carbocycles. The largest absolute Gasteiger partial charge is 0.458 e. The molecule has 4 heterocycles. The number of alkyl carbamates (subject to hydrolysis) is 1. The number of nitriles is 1. The minimum Gasteiger partial charge on any atom is -0.458 e. The first-order chi connectivity index (χ1) is 18.2. The van der Waals surface area contributed by atoms with Crippen molar-refractivity contribution in [2.24, 2.45) is 0 Å². The molecule has 0 bridgehead atoms. The van der Waals surface area contributed by atoms with E-state index in [0.717, 1.165) is 16.5 Å². The molecule has 2 atom stereocenters. The summed E-state index contributed by atoms with van der Waals surface area (Å²) < 4.78 is 13.5. The van der Waals surface area contributed by atoms with Crippen LogP contribution in [0.15, 0.2) is 41.2 Å². The van der Waals surface area contributed by atoms with E-state index in [9.17, 15) is 14.4 Å². The minimum atomic E-state index is -2.42. The van der Waals surface area contributed by atoms with Gasteiger partial charge in [0.25, 0.3) is 5.56 Å². The SMILES string of the molecule is CCC1(OC(=O)NC)C(=O)OC([Si](C)(C)CCCC#N)c2c1cc1n(c2=O)Cc2cc3ccccc3nc2-1. The number of pyridine rings is 2. The van der Waals surface area contributed by atoms with E-state index >= 15 is 0 Å². The summed E-state index contributed by atoms with van der Waals surface area (Å²) in [5, 5.41) is 12.4. The number of nitrogens with one attached hydrogen (secondary N) is 1. The molecule has 2 aliphatic heterocycles. The smallest absolute Gasteiger partial charge is 0.408 e. The highest BCUT2D eigenvalue weighted by atomic mass is 28.3. The lowest BCUT2D eigenvalue weighted by atomic mass is 9.85. The summed E-state index contributed by atoms with van der Waals surface area (Å²) in [7, 11) is -1.00. The molecule has 9 nitrogen and oxygen atoms in total. The van der Waals surface area contributed by atoms with Crippen molar-refractivity contribution in [3.05, 3.63) is 63.4 Å². The van der Waals surface area contributed by atoms with Gasteiger partial charge in [-0.1, -0.05) is 44.3 Å². The highest BCUT2D eigenvalue weighted by Gasteiger charge is 2.56. The maximum Gasteiger partial charge on any atom is 0.408 e. The number of para-hydroxylation sites is 1. The first-order valence-corrected chi connectivity index (χ1v) is 16.1. The quantitative estimate of drug-likeness (QED) is 0.221. The fraction of sp³-hybridized carbons (Fsp3) is 0.393. The third kappa shape index (κ3) is 3.89. The Balaban J connectivity index is 1.76. The molecule has 2 aliphatic rings. The van der Waals surface area contributed by atoms with Gasteiger partial charge in [0.2, 0.25) is 5.60 Å². The average molecular weight is 531 g/mol. The summed E-state index contributed by atoms with van der Waals surface area (Å²) in [6, 6.07) is 14.5. The molecule has 1 N–H and O–H groups in total. The zero-order valence-electron chi connectivity index (χ0n) is 22.0. The lowest BCUT2D eigenvalue weighted by Crippen LogP contribution is -2.54. The number of carbonyl (C=O) groups is 2. The zero-order valence-corrected chi connectivity index (χ0v) is 23.0. The molecule has 0 radical (unpaired) electrons. The Morgan fingerprint density at radius 1 is 1.32 bits per heavy atom. The van der Waals surface area contributed by atoms with Gasteiger partial charge in [0.1, 0.15) is 13.8 Å². The number of nitrogens with zero attached hydrogens (tertiary/aromatic N) is 3. The van der Waals surface area contributed by atoms with Gasteiger partial charge in [-0.25, -0.2) is 14.6 Å². The van der Waals surface area contributed by atoms with E-state index in [1.54, 1.807) is 17.6 Å². The van der Waals surface area contributed by atoms with Crippen molar-refractivity contribution in [3.8, 4) is 17.5 Å². The number of amides is 1. The maximum atomic E-state index is 14.3. The second-order valence-electron chi connectivity index (χ2n) is 10.5. The van der Waals surface area contributed by atoms with Gasteiger partial charge in [0.05, 0.1) is 35.1 Å². The van der Waals surface area contributed by atoms with Crippen molar-refractivity contribution < 1.29 is 19.1 Å². The Labute approximate surface area is 221 Å². The lowest BCUT2D eigenvalue weighted by molar-refractivity contribution is -0.174. The number of hydrogen-bond donors (Lipinski definition) is 1. The van der Waals surface area contributed by atoms with E-state index in [2.05, 4.69) is 24.5 Å². The van der Waals surface area contributed by atoms with E-state index in [1.165, 1.54) is 7.05 Å². The Hall–Kier alpha value is -3.97. The van der Waals surface area contributed by atoms with Crippen molar-refractivity contribution in [3.63, 3.8) is 0 Å². The second-order valence-corrected chi connectivity index (χ2v) is 15.5. The number of fused-ring (bicyclic) bond motifs is 5. The Morgan fingerprint density at radius 2 is 2.08 bits per heavy atom. The van der Waals surface area contributed by atoms with Gasteiger partial charge in [-0.3, -0.25) is 4.79 Å². The molecule has 2 aromatic heterocycles. The molecule has 10 heteroatoms. The summed E-state index contributed by atoms with van der Waals surface area (Å²) >= 11 is 0. The van der Waals surface area contributed by atoms with Crippen LogP contribution in [0.3, 0.4) is 0 Å². The third-order valence-electron chi connectivity index (χ3n) is 7.75. The fourth-order valence-corrected chi connectivity index (χ4v) is 8.50. The number of benzene rings is 1. The number of esters is 1. The number of hydrogen-bond acceptors (Lipinski definition) is 7. The summed E-state index contributed by atoms with van der Waals surface area (Å²) in [6.45, 7) is 6.20. The monoisotopic (exact) mass is 530 g/mol. The third-order valence-corrected chi connectivity index (χ3v) is 11.2.